The Labute approximate surface area is 229 Å². The molecule has 0 radical (unpaired) electrons. The third kappa shape index (κ3) is 7.56. The van der Waals surface area contributed by atoms with E-state index in [1.807, 2.05) is 6.20 Å². The molecule has 2 aromatic rings. The van der Waals surface area contributed by atoms with Crippen LogP contribution in [-0.4, -0.2) is 64.7 Å². The summed E-state index contributed by atoms with van der Waals surface area (Å²) < 4.78 is 0. The van der Waals surface area contributed by atoms with Crippen LogP contribution in [0.25, 0.3) is 0 Å². The number of hydrogen-bond donors (Lipinski definition) is 3. The number of nitrogens with zero attached hydrogens (tertiary/aromatic N) is 5. The molecule has 38 heavy (non-hydrogen) atoms. The Hall–Kier alpha value is -2.45. The van der Waals surface area contributed by atoms with Crippen LogP contribution in [0.2, 0.25) is 0 Å². The van der Waals surface area contributed by atoms with Crippen LogP contribution in [0, 0.1) is 11.3 Å². The van der Waals surface area contributed by atoms with Crippen LogP contribution < -0.4 is 21.3 Å². The molecular formula is C30H48N8. The maximum Gasteiger partial charge on any atom is 0.134 e. The van der Waals surface area contributed by atoms with Crippen LogP contribution in [0.1, 0.15) is 77.3 Å². The van der Waals surface area contributed by atoms with Crippen molar-refractivity contribution in [2.75, 3.05) is 54.8 Å². The lowest BCUT2D eigenvalue weighted by Crippen LogP contribution is -2.54. The first-order chi connectivity index (χ1) is 18.4. The molecule has 0 atom stereocenters. The number of nitrogens with one attached hydrogen (secondary N) is 2. The van der Waals surface area contributed by atoms with E-state index in [9.17, 15) is 0 Å². The zero-order valence-electron chi connectivity index (χ0n) is 23.6. The van der Waals surface area contributed by atoms with Gasteiger partial charge in [0.2, 0.25) is 0 Å². The Morgan fingerprint density at radius 1 is 0.921 bits per heavy atom. The molecule has 208 valence electrons. The molecule has 8 nitrogen and oxygen atoms in total. The van der Waals surface area contributed by atoms with Gasteiger partial charge in [-0.25, -0.2) is 9.97 Å². The van der Waals surface area contributed by atoms with Gasteiger partial charge < -0.3 is 21.3 Å². The van der Waals surface area contributed by atoms with Crippen LogP contribution >= 0.6 is 0 Å². The molecule has 0 aromatic carbocycles. The fourth-order valence-electron chi connectivity index (χ4n) is 6.06. The number of rotatable bonds is 9. The van der Waals surface area contributed by atoms with Crippen LogP contribution in [0.4, 0.5) is 17.3 Å². The van der Waals surface area contributed by atoms with Crippen molar-refractivity contribution in [1.82, 2.24) is 19.9 Å². The summed E-state index contributed by atoms with van der Waals surface area (Å²) in [5.74, 6) is 2.71. The fraction of sp³-hybridized carbons (Fsp3) is 0.700. The van der Waals surface area contributed by atoms with Crippen LogP contribution in [0.15, 0.2) is 30.7 Å². The van der Waals surface area contributed by atoms with Crippen molar-refractivity contribution in [2.45, 2.75) is 83.7 Å². The van der Waals surface area contributed by atoms with Gasteiger partial charge in [-0.15, -0.1) is 0 Å². The van der Waals surface area contributed by atoms with E-state index in [1.54, 1.807) is 6.33 Å². The van der Waals surface area contributed by atoms with Gasteiger partial charge in [-0.1, -0.05) is 33.1 Å². The zero-order valence-corrected chi connectivity index (χ0v) is 23.6. The standard InChI is InChI=1S/C30H48N8/c1-29(2)10-14-37(15-11-29)21-26-9-8-25(20-32-26)34-22-30(31)12-16-38(17-13-30)28-18-27(35-23-36-28)33-19-24-6-4-3-5-7-24/h8-9,18,20,23-24,34H,3-7,10-17,19,21-22,31H2,1-2H3,(H,33,35,36). The van der Waals surface area contributed by atoms with Gasteiger partial charge in [-0.2, -0.15) is 0 Å². The first-order valence-corrected chi connectivity index (χ1v) is 14.9. The van der Waals surface area contributed by atoms with Crippen molar-refractivity contribution in [3.05, 3.63) is 36.4 Å². The summed E-state index contributed by atoms with van der Waals surface area (Å²) in [5.41, 5.74) is 9.26. The molecule has 0 bridgehead atoms. The van der Waals surface area contributed by atoms with Crippen LogP contribution in [-0.2, 0) is 6.54 Å². The summed E-state index contributed by atoms with van der Waals surface area (Å²) in [6.07, 6.45) is 14.8. The van der Waals surface area contributed by atoms with Gasteiger partial charge in [0.15, 0.2) is 0 Å². The van der Waals surface area contributed by atoms with Gasteiger partial charge >= 0.3 is 0 Å². The summed E-state index contributed by atoms with van der Waals surface area (Å²) in [6.45, 7) is 11.6. The average Bonchev–Trinajstić information content (AvgIpc) is 2.94. The highest BCUT2D eigenvalue weighted by atomic mass is 15.2. The first kappa shape index (κ1) is 27.1. The second-order valence-electron chi connectivity index (χ2n) is 12.8. The smallest absolute Gasteiger partial charge is 0.134 e. The molecule has 0 unspecified atom stereocenters. The Morgan fingerprint density at radius 3 is 2.39 bits per heavy atom. The number of likely N-dealkylation sites (tertiary alicyclic amines) is 1. The normalized spacial score (nSPS) is 22.2. The molecule has 0 amide bonds. The highest BCUT2D eigenvalue weighted by Gasteiger charge is 2.31. The van der Waals surface area contributed by atoms with Crippen molar-refractivity contribution >= 4 is 17.3 Å². The van der Waals surface area contributed by atoms with E-state index in [1.165, 1.54) is 44.9 Å². The van der Waals surface area contributed by atoms with E-state index in [0.29, 0.717) is 5.41 Å². The lowest BCUT2D eigenvalue weighted by atomic mass is 9.83. The number of nitrogens with two attached hydrogens (primary N) is 1. The third-order valence-electron chi connectivity index (χ3n) is 9.10. The second kappa shape index (κ2) is 12.2. The second-order valence-corrected chi connectivity index (χ2v) is 12.8. The average molecular weight is 521 g/mol. The number of pyridine rings is 1. The molecule has 2 aromatic heterocycles. The summed E-state index contributed by atoms with van der Waals surface area (Å²) in [5, 5.41) is 7.11. The summed E-state index contributed by atoms with van der Waals surface area (Å²) in [7, 11) is 0. The lowest BCUT2D eigenvalue weighted by Gasteiger charge is -2.40. The topological polar surface area (TPSA) is 95.2 Å². The van der Waals surface area contributed by atoms with Gasteiger partial charge in [-0.05, 0) is 75.1 Å². The van der Waals surface area contributed by atoms with Crippen molar-refractivity contribution in [1.29, 1.82) is 0 Å². The molecule has 4 N–H and O–H groups in total. The highest BCUT2D eigenvalue weighted by Crippen LogP contribution is 2.30. The van der Waals surface area contributed by atoms with Crippen molar-refractivity contribution < 1.29 is 0 Å². The highest BCUT2D eigenvalue weighted by molar-refractivity contribution is 5.49. The molecule has 1 saturated carbocycles. The van der Waals surface area contributed by atoms with Crippen LogP contribution in [0.5, 0.6) is 0 Å². The molecule has 5 rings (SSSR count). The van der Waals surface area contributed by atoms with Crippen molar-refractivity contribution in [3.8, 4) is 0 Å². The van der Waals surface area contributed by atoms with E-state index in [4.69, 9.17) is 10.7 Å². The molecule has 4 heterocycles. The quantitative estimate of drug-likeness (QED) is 0.430. The van der Waals surface area contributed by atoms with Gasteiger partial charge in [0.05, 0.1) is 17.6 Å². The fourth-order valence-corrected chi connectivity index (χ4v) is 6.06. The third-order valence-corrected chi connectivity index (χ3v) is 9.10. The molecule has 0 spiro atoms. The van der Waals surface area contributed by atoms with Gasteiger partial charge in [-0.3, -0.25) is 9.88 Å². The first-order valence-electron chi connectivity index (χ1n) is 14.9. The maximum atomic E-state index is 6.82. The lowest BCUT2D eigenvalue weighted by molar-refractivity contribution is 0.126. The molecule has 2 aliphatic heterocycles. The largest absolute Gasteiger partial charge is 0.382 e. The maximum absolute atomic E-state index is 6.82. The summed E-state index contributed by atoms with van der Waals surface area (Å²) in [6, 6.07) is 6.41. The van der Waals surface area contributed by atoms with Crippen molar-refractivity contribution in [2.24, 2.45) is 17.1 Å². The Balaban J connectivity index is 1.05. The predicted molar refractivity (Wildman–Crippen MR) is 156 cm³/mol. The van der Waals surface area contributed by atoms with Gasteiger partial charge in [0.25, 0.3) is 0 Å². The molecule has 8 heteroatoms. The van der Waals surface area contributed by atoms with Gasteiger partial charge in [0.1, 0.15) is 18.0 Å². The van der Waals surface area contributed by atoms with Gasteiger partial charge in [0, 0.05) is 44.3 Å². The minimum Gasteiger partial charge on any atom is -0.382 e. The van der Waals surface area contributed by atoms with E-state index in [-0.39, 0.29) is 5.54 Å². The van der Waals surface area contributed by atoms with E-state index >= 15 is 0 Å². The number of anilines is 3. The summed E-state index contributed by atoms with van der Waals surface area (Å²) >= 11 is 0. The Kier molecular flexibility index (Phi) is 8.68. The van der Waals surface area contributed by atoms with E-state index in [2.05, 4.69) is 62.4 Å². The number of piperidine rings is 2. The minimum atomic E-state index is -0.231. The number of hydrogen-bond acceptors (Lipinski definition) is 8. The minimum absolute atomic E-state index is 0.231. The Morgan fingerprint density at radius 2 is 1.68 bits per heavy atom. The van der Waals surface area contributed by atoms with Crippen LogP contribution in [0.3, 0.4) is 0 Å². The predicted octanol–water partition coefficient (Wildman–Crippen LogP) is 4.90. The molecule has 2 saturated heterocycles. The number of aromatic nitrogens is 3. The molecule has 1 aliphatic carbocycles. The SMILES string of the molecule is CC1(C)CCN(Cc2ccc(NCC3(N)CCN(c4cc(NCC5CCCCC5)ncn4)CC3)cn2)CC1. The molecule has 3 aliphatic rings. The monoisotopic (exact) mass is 520 g/mol. The van der Waals surface area contributed by atoms with Crippen molar-refractivity contribution in [3.63, 3.8) is 0 Å². The zero-order chi connectivity index (χ0) is 26.4. The van der Waals surface area contributed by atoms with E-state index < -0.39 is 0 Å². The molecular weight excluding hydrogens is 472 g/mol. The molecule has 3 fully saturated rings. The Bertz CT molecular complexity index is 999. The summed E-state index contributed by atoms with van der Waals surface area (Å²) in [4.78, 5) is 18.6. The van der Waals surface area contributed by atoms with E-state index in [0.717, 1.165) is 87.6 Å².